The molecule has 0 aromatic heterocycles. The fourth-order valence-electron chi connectivity index (χ4n) is 2.48. The zero-order valence-corrected chi connectivity index (χ0v) is 13.2. The van der Waals surface area contributed by atoms with Gasteiger partial charge in [-0.3, -0.25) is 9.59 Å². The minimum absolute atomic E-state index is 0.0212. The fraction of sp³-hybridized carbons (Fsp3) is 0.500. The Morgan fingerprint density at radius 3 is 2.27 bits per heavy atom. The molecule has 3 atom stereocenters. The standard InChI is InChI=1S/C16H23N3O3/c1-10-8-19(9-11(2)22-10)16(21)13-4-6-14(7-5-13)18-15(20)12(3)17/h4-7,10-12H,8-9,17H2,1-3H3,(H,18,20)/t10?,11?,12-/m0/s1. The van der Waals surface area contributed by atoms with Gasteiger partial charge in [0.1, 0.15) is 0 Å². The largest absolute Gasteiger partial charge is 0.372 e. The van der Waals surface area contributed by atoms with Crippen LogP contribution in [0.15, 0.2) is 24.3 Å². The summed E-state index contributed by atoms with van der Waals surface area (Å²) in [4.78, 5) is 25.8. The van der Waals surface area contributed by atoms with Gasteiger partial charge in [-0.05, 0) is 45.0 Å². The van der Waals surface area contributed by atoms with E-state index in [2.05, 4.69) is 5.32 Å². The molecule has 3 N–H and O–H groups in total. The smallest absolute Gasteiger partial charge is 0.254 e. The van der Waals surface area contributed by atoms with Gasteiger partial charge in [-0.15, -0.1) is 0 Å². The minimum Gasteiger partial charge on any atom is -0.372 e. The van der Waals surface area contributed by atoms with Gasteiger partial charge in [-0.1, -0.05) is 0 Å². The molecule has 0 spiro atoms. The van der Waals surface area contributed by atoms with Crippen LogP contribution in [0.2, 0.25) is 0 Å². The number of rotatable bonds is 3. The average Bonchev–Trinajstić information content (AvgIpc) is 2.46. The minimum atomic E-state index is -0.572. The lowest BCUT2D eigenvalue weighted by Gasteiger charge is -2.35. The number of anilines is 1. The highest BCUT2D eigenvalue weighted by atomic mass is 16.5. The van der Waals surface area contributed by atoms with Crippen LogP contribution >= 0.6 is 0 Å². The molecule has 2 rings (SSSR count). The normalized spacial score (nSPS) is 23.0. The second-order valence-electron chi connectivity index (χ2n) is 5.82. The molecule has 1 fully saturated rings. The number of nitrogens with two attached hydrogens (primary N) is 1. The molecule has 1 aromatic rings. The van der Waals surface area contributed by atoms with Crippen LogP contribution in [0, 0.1) is 0 Å². The number of amides is 2. The summed E-state index contributed by atoms with van der Waals surface area (Å²) in [5.41, 5.74) is 6.73. The van der Waals surface area contributed by atoms with Gasteiger partial charge in [-0.2, -0.15) is 0 Å². The van der Waals surface area contributed by atoms with Crippen LogP contribution in [0.25, 0.3) is 0 Å². The Labute approximate surface area is 130 Å². The molecule has 2 unspecified atom stereocenters. The lowest BCUT2D eigenvalue weighted by atomic mass is 10.1. The molecule has 120 valence electrons. The first-order valence-electron chi connectivity index (χ1n) is 7.48. The van der Waals surface area contributed by atoms with Crippen LogP contribution in [0.3, 0.4) is 0 Å². The Hall–Kier alpha value is -1.92. The van der Waals surface area contributed by atoms with Gasteiger partial charge in [0.15, 0.2) is 0 Å². The maximum absolute atomic E-state index is 12.5. The zero-order chi connectivity index (χ0) is 16.3. The fourth-order valence-corrected chi connectivity index (χ4v) is 2.48. The lowest BCUT2D eigenvalue weighted by Crippen LogP contribution is -2.48. The van der Waals surface area contributed by atoms with E-state index >= 15 is 0 Å². The van der Waals surface area contributed by atoms with Crippen molar-refractivity contribution >= 4 is 17.5 Å². The first-order valence-corrected chi connectivity index (χ1v) is 7.48. The number of hydrogen-bond acceptors (Lipinski definition) is 4. The Balaban J connectivity index is 2.03. The van der Waals surface area contributed by atoms with Crippen LogP contribution in [0.5, 0.6) is 0 Å². The maximum Gasteiger partial charge on any atom is 0.254 e. The highest BCUT2D eigenvalue weighted by Gasteiger charge is 2.26. The SMILES string of the molecule is CC1CN(C(=O)c2ccc(NC(=O)[C@H](C)N)cc2)CC(C)O1. The Morgan fingerprint density at radius 1 is 1.23 bits per heavy atom. The van der Waals surface area contributed by atoms with E-state index in [-0.39, 0.29) is 24.0 Å². The molecule has 0 radical (unpaired) electrons. The van der Waals surface area contributed by atoms with Crippen LogP contribution in [-0.4, -0.2) is 48.1 Å². The predicted molar refractivity (Wildman–Crippen MR) is 84.6 cm³/mol. The molecule has 1 heterocycles. The molecule has 1 aromatic carbocycles. The molecule has 2 amide bonds. The summed E-state index contributed by atoms with van der Waals surface area (Å²) in [5.74, 6) is -0.276. The highest BCUT2D eigenvalue weighted by molar-refractivity contribution is 5.97. The second kappa shape index (κ2) is 6.89. The Bertz CT molecular complexity index is 532. The predicted octanol–water partition coefficient (Wildman–Crippen LogP) is 1.22. The number of ether oxygens (including phenoxy) is 1. The zero-order valence-electron chi connectivity index (χ0n) is 13.2. The summed E-state index contributed by atoms with van der Waals surface area (Å²) < 4.78 is 5.63. The molecule has 22 heavy (non-hydrogen) atoms. The van der Waals surface area contributed by atoms with Crippen LogP contribution < -0.4 is 11.1 Å². The quantitative estimate of drug-likeness (QED) is 0.879. The number of carbonyl (C=O) groups excluding carboxylic acids is 2. The monoisotopic (exact) mass is 305 g/mol. The van der Waals surface area contributed by atoms with E-state index in [0.717, 1.165) is 0 Å². The number of nitrogens with zero attached hydrogens (tertiary/aromatic N) is 1. The van der Waals surface area contributed by atoms with Crippen molar-refractivity contribution in [3.05, 3.63) is 29.8 Å². The van der Waals surface area contributed by atoms with E-state index in [9.17, 15) is 9.59 Å². The molecule has 6 nitrogen and oxygen atoms in total. The van der Waals surface area contributed by atoms with Crippen molar-refractivity contribution in [1.82, 2.24) is 4.90 Å². The number of hydrogen-bond donors (Lipinski definition) is 2. The summed E-state index contributed by atoms with van der Waals surface area (Å²) >= 11 is 0. The summed E-state index contributed by atoms with van der Waals surface area (Å²) in [6.45, 7) is 6.72. The molecule has 6 heteroatoms. The van der Waals surface area contributed by atoms with Crippen LogP contribution in [0.4, 0.5) is 5.69 Å². The third kappa shape index (κ3) is 4.05. The molecule has 0 saturated carbocycles. The number of nitrogens with one attached hydrogen (secondary N) is 1. The van der Waals surface area contributed by atoms with Gasteiger partial charge in [0.25, 0.3) is 5.91 Å². The van der Waals surface area contributed by atoms with Crippen LogP contribution in [0.1, 0.15) is 31.1 Å². The van der Waals surface area contributed by atoms with Gasteiger partial charge in [0, 0.05) is 24.3 Å². The second-order valence-corrected chi connectivity index (χ2v) is 5.82. The molecular weight excluding hydrogens is 282 g/mol. The van der Waals surface area contributed by atoms with E-state index in [1.54, 1.807) is 36.1 Å². The molecule has 1 aliphatic rings. The summed E-state index contributed by atoms with van der Waals surface area (Å²) in [5, 5.41) is 2.69. The molecular formula is C16H23N3O3. The first kappa shape index (κ1) is 16.5. The van der Waals surface area contributed by atoms with E-state index in [1.807, 2.05) is 13.8 Å². The van der Waals surface area contributed by atoms with E-state index in [4.69, 9.17) is 10.5 Å². The molecule has 1 saturated heterocycles. The van der Waals surface area contributed by atoms with Gasteiger partial charge in [-0.25, -0.2) is 0 Å². The van der Waals surface area contributed by atoms with Gasteiger partial charge in [0.2, 0.25) is 5.91 Å². The molecule has 0 aliphatic carbocycles. The van der Waals surface area contributed by atoms with Gasteiger partial charge >= 0.3 is 0 Å². The third-order valence-electron chi connectivity index (χ3n) is 3.52. The Morgan fingerprint density at radius 2 is 1.77 bits per heavy atom. The number of benzene rings is 1. The van der Waals surface area contributed by atoms with Gasteiger partial charge in [0.05, 0.1) is 18.2 Å². The van der Waals surface area contributed by atoms with Crippen molar-refractivity contribution in [2.75, 3.05) is 18.4 Å². The molecule has 0 bridgehead atoms. The number of carbonyl (C=O) groups is 2. The first-order chi connectivity index (χ1) is 10.4. The van der Waals surface area contributed by atoms with E-state index in [0.29, 0.717) is 24.3 Å². The summed E-state index contributed by atoms with van der Waals surface area (Å²) in [7, 11) is 0. The van der Waals surface area contributed by atoms with Crippen molar-refractivity contribution in [2.24, 2.45) is 5.73 Å². The van der Waals surface area contributed by atoms with Crippen molar-refractivity contribution < 1.29 is 14.3 Å². The average molecular weight is 305 g/mol. The van der Waals surface area contributed by atoms with Crippen molar-refractivity contribution in [3.8, 4) is 0 Å². The molecule has 1 aliphatic heterocycles. The van der Waals surface area contributed by atoms with Crippen molar-refractivity contribution in [2.45, 2.75) is 39.0 Å². The maximum atomic E-state index is 12.5. The Kier molecular flexibility index (Phi) is 5.15. The third-order valence-corrected chi connectivity index (χ3v) is 3.52. The van der Waals surface area contributed by atoms with Gasteiger partial charge < -0.3 is 20.7 Å². The number of morpholine rings is 1. The highest BCUT2D eigenvalue weighted by Crippen LogP contribution is 2.16. The van der Waals surface area contributed by atoms with Crippen molar-refractivity contribution in [1.29, 1.82) is 0 Å². The summed E-state index contributed by atoms with van der Waals surface area (Å²) in [6.07, 6.45) is 0.0783. The van der Waals surface area contributed by atoms with E-state index < -0.39 is 6.04 Å². The lowest BCUT2D eigenvalue weighted by molar-refractivity contribution is -0.117. The summed E-state index contributed by atoms with van der Waals surface area (Å²) in [6, 6.07) is 6.27. The topological polar surface area (TPSA) is 84.7 Å². The van der Waals surface area contributed by atoms with Crippen molar-refractivity contribution in [3.63, 3.8) is 0 Å². The van der Waals surface area contributed by atoms with Crippen LogP contribution in [-0.2, 0) is 9.53 Å². The van der Waals surface area contributed by atoms with E-state index in [1.165, 1.54) is 0 Å².